The zero-order chi connectivity index (χ0) is 15.1. The fourth-order valence-corrected chi connectivity index (χ4v) is 3.39. The molecule has 0 saturated heterocycles. The molecule has 0 aliphatic carbocycles. The Kier molecular flexibility index (Phi) is 3.17. The van der Waals surface area contributed by atoms with Crippen molar-refractivity contribution in [3.8, 4) is 17.0 Å². The van der Waals surface area contributed by atoms with Crippen LogP contribution >= 0.6 is 11.3 Å². The number of aryl methyl sites for hydroxylation is 2. The molecule has 1 N–H and O–H groups in total. The van der Waals surface area contributed by atoms with Crippen molar-refractivity contribution in [2.24, 2.45) is 0 Å². The van der Waals surface area contributed by atoms with E-state index in [9.17, 15) is 4.79 Å². The summed E-state index contributed by atoms with van der Waals surface area (Å²) >= 11 is 1.48. The maximum atomic E-state index is 11.1. The van der Waals surface area contributed by atoms with Crippen LogP contribution in [0.2, 0.25) is 0 Å². The molecule has 2 heterocycles. The largest absolute Gasteiger partial charge is 0.496 e. The summed E-state index contributed by atoms with van der Waals surface area (Å²) in [7, 11) is 1.64. The van der Waals surface area contributed by atoms with Gasteiger partial charge in [-0.2, -0.15) is 0 Å². The first-order valence-corrected chi connectivity index (χ1v) is 7.19. The standard InChI is InChI=1S/C15H14N2O3S/c1-8-6-10(4-5-12(8)20-3)13-9(2)21-15-16-11(14(18)19)7-17(13)15/h4-7H,1-3H3,(H,18,19). The van der Waals surface area contributed by atoms with Crippen LogP contribution in [-0.4, -0.2) is 27.6 Å². The summed E-state index contributed by atoms with van der Waals surface area (Å²) in [5, 5.41) is 9.06. The van der Waals surface area contributed by atoms with Gasteiger partial charge in [-0.15, -0.1) is 11.3 Å². The van der Waals surface area contributed by atoms with Crippen molar-refractivity contribution in [1.29, 1.82) is 0 Å². The van der Waals surface area contributed by atoms with Gasteiger partial charge in [-0.3, -0.25) is 4.40 Å². The molecule has 3 rings (SSSR count). The average molecular weight is 302 g/mol. The fraction of sp³-hybridized carbons (Fsp3) is 0.200. The third kappa shape index (κ3) is 2.17. The molecule has 1 aromatic carbocycles. The molecule has 0 aliphatic rings. The second-order valence-electron chi connectivity index (χ2n) is 4.78. The number of ether oxygens (including phenoxy) is 1. The number of rotatable bonds is 3. The summed E-state index contributed by atoms with van der Waals surface area (Å²) in [5.41, 5.74) is 3.09. The molecule has 6 heteroatoms. The lowest BCUT2D eigenvalue weighted by Gasteiger charge is -2.08. The number of carboxylic acids is 1. The van der Waals surface area contributed by atoms with E-state index in [2.05, 4.69) is 4.98 Å². The minimum Gasteiger partial charge on any atom is -0.496 e. The van der Waals surface area contributed by atoms with E-state index < -0.39 is 5.97 Å². The van der Waals surface area contributed by atoms with Crippen LogP contribution in [0.15, 0.2) is 24.4 Å². The number of nitrogens with zero attached hydrogens (tertiary/aromatic N) is 2. The van der Waals surface area contributed by atoms with Crippen LogP contribution in [0.5, 0.6) is 5.75 Å². The number of methoxy groups -OCH3 is 1. The van der Waals surface area contributed by atoms with Crippen LogP contribution in [0.3, 0.4) is 0 Å². The maximum Gasteiger partial charge on any atom is 0.356 e. The van der Waals surface area contributed by atoms with Gasteiger partial charge in [0.2, 0.25) is 0 Å². The molecule has 0 radical (unpaired) electrons. The molecule has 0 unspecified atom stereocenters. The Morgan fingerprint density at radius 2 is 2.14 bits per heavy atom. The van der Waals surface area contributed by atoms with E-state index >= 15 is 0 Å². The van der Waals surface area contributed by atoms with Crippen LogP contribution in [0, 0.1) is 13.8 Å². The number of hydrogen-bond acceptors (Lipinski definition) is 4. The molecular weight excluding hydrogens is 288 g/mol. The second kappa shape index (κ2) is 4.89. The van der Waals surface area contributed by atoms with E-state index in [1.165, 1.54) is 11.3 Å². The Bertz CT molecular complexity index is 848. The number of fused-ring (bicyclic) bond motifs is 1. The van der Waals surface area contributed by atoms with Crippen LogP contribution in [0.25, 0.3) is 16.2 Å². The molecule has 0 aliphatic heterocycles. The zero-order valence-corrected chi connectivity index (χ0v) is 12.7. The van der Waals surface area contributed by atoms with Gasteiger partial charge in [0.15, 0.2) is 10.7 Å². The van der Waals surface area contributed by atoms with Crippen molar-refractivity contribution in [3.63, 3.8) is 0 Å². The number of carboxylic acid groups (broad SMARTS) is 1. The summed E-state index contributed by atoms with van der Waals surface area (Å²) in [6.45, 7) is 3.99. The van der Waals surface area contributed by atoms with Gasteiger partial charge in [-0.1, -0.05) is 0 Å². The third-order valence-corrected chi connectivity index (χ3v) is 4.35. The van der Waals surface area contributed by atoms with E-state index in [0.29, 0.717) is 4.96 Å². The molecule has 2 aromatic heterocycles. The van der Waals surface area contributed by atoms with Crippen molar-refractivity contribution >= 4 is 22.3 Å². The first kappa shape index (κ1) is 13.6. The monoisotopic (exact) mass is 302 g/mol. The predicted molar refractivity (Wildman–Crippen MR) is 81.5 cm³/mol. The Hall–Kier alpha value is -2.34. The number of benzene rings is 1. The SMILES string of the molecule is COc1ccc(-c2c(C)sc3nc(C(=O)O)cn23)cc1C. The smallest absolute Gasteiger partial charge is 0.356 e. The highest BCUT2D eigenvalue weighted by Crippen LogP contribution is 2.33. The predicted octanol–water partition coefficient (Wildman–Crippen LogP) is 3.39. The highest BCUT2D eigenvalue weighted by Gasteiger charge is 2.17. The summed E-state index contributed by atoms with van der Waals surface area (Å²) < 4.78 is 7.11. The van der Waals surface area contributed by atoms with E-state index in [1.54, 1.807) is 13.3 Å². The quantitative estimate of drug-likeness (QED) is 0.805. The minimum atomic E-state index is -1.01. The lowest BCUT2D eigenvalue weighted by molar-refractivity contribution is 0.0691. The number of imidazole rings is 1. The van der Waals surface area contributed by atoms with Gasteiger partial charge in [0.1, 0.15) is 5.75 Å². The topological polar surface area (TPSA) is 63.8 Å². The van der Waals surface area contributed by atoms with Crippen LogP contribution in [-0.2, 0) is 0 Å². The maximum absolute atomic E-state index is 11.1. The average Bonchev–Trinajstić information content (AvgIpc) is 2.95. The first-order chi connectivity index (χ1) is 10.0. The van der Waals surface area contributed by atoms with Crippen LogP contribution in [0.4, 0.5) is 0 Å². The Morgan fingerprint density at radius 1 is 1.38 bits per heavy atom. The van der Waals surface area contributed by atoms with Crippen LogP contribution < -0.4 is 4.74 Å². The highest BCUT2D eigenvalue weighted by molar-refractivity contribution is 7.17. The fourth-order valence-electron chi connectivity index (χ4n) is 2.42. The molecule has 0 fully saturated rings. The summed E-state index contributed by atoms with van der Waals surface area (Å²) in [5.74, 6) is -0.180. The van der Waals surface area contributed by atoms with Crippen molar-refractivity contribution in [2.75, 3.05) is 7.11 Å². The van der Waals surface area contributed by atoms with Gasteiger partial charge < -0.3 is 9.84 Å². The lowest BCUT2D eigenvalue weighted by atomic mass is 10.1. The van der Waals surface area contributed by atoms with Crippen LogP contribution in [0.1, 0.15) is 20.9 Å². The number of thiazole rings is 1. The molecule has 0 spiro atoms. The van der Waals surface area contributed by atoms with E-state index in [0.717, 1.165) is 27.4 Å². The third-order valence-electron chi connectivity index (χ3n) is 3.38. The lowest BCUT2D eigenvalue weighted by Crippen LogP contribution is -1.95. The summed E-state index contributed by atoms with van der Waals surface area (Å²) in [6, 6.07) is 5.93. The molecule has 5 nitrogen and oxygen atoms in total. The molecule has 21 heavy (non-hydrogen) atoms. The Labute approximate surface area is 125 Å². The minimum absolute atomic E-state index is 0.0627. The zero-order valence-electron chi connectivity index (χ0n) is 11.9. The van der Waals surface area contributed by atoms with E-state index in [1.807, 2.05) is 36.4 Å². The van der Waals surface area contributed by atoms with E-state index in [-0.39, 0.29) is 5.69 Å². The molecule has 0 atom stereocenters. The van der Waals surface area contributed by atoms with Crippen molar-refractivity contribution < 1.29 is 14.6 Å². The Morgan fingerprint density at radius 3 is 2.76 bits per heavy atom. The number of carbonyl (C=O) groups is 1. The summed E-state index contributed by atoms with van der Waals surface area (Å²) in [6.07, 6.45) is 1.57. The van der Waals surface area contributed by atoms with Gasteiger partial charge >= 0.3 is 5.97 Å². The van der Waals surface area contributed by atoms with Gasteiger partial charge in [-0.05, 0) is 37.6 Å². The molecule has 0 amide bonds. The van der Waals surface area contributed by atoms with Gasteiger partial charge in [-0.25, -0.2) is 9.78 Å². The molecule has 108 valence electrons. The van der Waals surface area contributed by atoms with Crippen molar-refractivity contribution in [1.82, 2.24) is 9.38 Å². The second-order valence-corrected chi connectivity index (χ2v) is 5.96. The van der Waals surface area contributed by atoms with Crippen molar-refractivity contribution in [2.45, 2.75) is 13.8 Å². The number of aromatic carboxylic acids is 1. The van der Waals surface area contributed by atoms with Gasteiger partial charge in [0.05, 0.1) is 12.8 Å². The molecule has 3 aromatic rings. The van der Waals surface area contributed by atoms with Gasteiger partial charge in [0, 0.05) is 16.6 Å². The summed E-state index contributed by atoms with van der Waals surface area (Å²) in [4.78, 5) is 17.0. The number of hydrogen-bond donors (Lipinski definition) is 1. The van der Waals surface area contributed by atoms with E-state index in [4.69, 9.17) is 9.84 Å². The van der Waals surface area contributed by atoms with Gasteiger partial charge in [0.25, 0.3) is 0 Å². The first-order valence-electron chi connectivity index (χ1n) is 6.38. The van der Waals surface area contributed by atoms with Crippen molar-refractivity contribution in [3.05, 3.63) is 40.5 Å². The normalized spacial score (nSPS) is 11.0. The molecular formula is C15H14N2O3S. The molecule has 0 saturated carbocycles. The molecule has 0 bridgehead atoms. The number of aromatic nitrogens is 2. The Balaban J connectivity index is 2.21. The highest BCUT2D eigenvalue weighted by atomic mass is 32.1.